The van der Waals surface area contributed by atoms with Gasteiger partial charge in [0, 0.05) is 27.7 Å². The van der Waals surface area contributed by atoms with Crippen LogP contribution < -0.4 is 5.32 Å². The van der Waals surface area contributed by atoms with Crippen molar-refractivity contribution in [3.63, 3.8) is 0 Å². The molecule has 0 saturated carbocycles. The van der Waals surface area contributed by atoms with Crippen molar-refractivity contribution in [3.05, 3.63) is 70.7 Å². The maximum atomic E-state index is 12.0. The summed E-state index contributed by atoms with van der Waals surface area (Å²) < 4.78 is 6.46. The Kier molecular flexibility index (Phi) is 5.09. The highest BCUT2D eigenvalue weighted by atomic mass is 79.9. The van der Waals surface area contributed by atoms with Gasteiger partial charge >= 0.3 is 0 Å². The first kappa shape index (κ1) is 17.1. The quantitative estimate of drug-likeness (QED) is 0.694. The zero-order valence-corrected chi connectivity index (χ0v) is 15.2. The van der Waals surface area contributed by atoms with Gasteiger partial charge in [0.05, 0.1) is 0 Å². The first-order valence-corrected chi connectivity index (χ1v) is 8.44. The van der Waals surface area contributed by atoms with E-state index in [0.717, 1.165) is 16.7 Å². The van der Waals surface area contributed by atoms with E-state index in [0.29, 0.717) is 28.4 Å². The van der Waals surface area contributed by atoms with E-state index in [-0.39, 0.29) is 5.91 Å². The molecule has 0 aliphatic rings. The molecule has 1 amide bonds. The summed E-state index contributed by atoms with van der Waals surface area (Å²) in [4.78, 5) is 12.0. The van der Waals surface area contributed by atoms with Gasteiger partial charge in [-0.25, -0.2) is 0 Å². The average molecular weight is 398 g/mol. The van der Waals surface area contributed by atoms with Crippen LogP contribution in [0, 0.1) is 6.92 Å². The molecule has 1 N–H and O–H groups in total. The van der Waals surface area contributed by atoms with Gasteiger partial charge in [0.2, 0.25) is 11.8 Å². The van der Waals surface area contributed by atoms with Crippen LogP contribution in [-0.2, 0) is 0 Å². The summed E-state index contributed by atoms with van der Waals surface area (Å²) in [7, 11) is 0. The zero-order chi connectivity index (χ0) is 17.8. The molecule has 3 aromatic rings. The van der Waals surface area contributed by atoms with Crippen LogP contribution in [0.4, 0.5) is 0 Å². The number of aryl methyl sites for hydroxylation is 1. The van der Waals surface area contributed by atoms with Crippen LogP contribution in [0.2, 0.25) is 0 Å². The van der Waals surface area contributed by atoms with Gasteiger partial charge in [-0.15, -0.1) is 10.2 Å². The van der Waals surface area contributed by atoms with E-state index in [4.69, 9.17) is 4.42 Å². The molecule has 1 aromatic heterocycles. The van der Waals surface area contributed by atoms with E-state index >= 15 is 0 Å². The maximum Gasteiger partial charge on any atom is 0.251 e. The molecule has 0 fully saturated rings. The van der Waals surface area contributed by atoms with Crippen LogP contribution in [0.1, 0.15) is 15.9 Å². The summed E-state index contributed by atoms with van der Waals surface area (Å²) in [5.41, 5.74) is 3.31. The Labute approximate surface area is 153 Å². The van der Waals surface area contributed by atoms with Crippen molar-refractivity contribution in [2.24, 2.45) is 0 Å². The lowest BCUT2D eigenvalue weighted by Gasteiger charge is -2.04. The second kappa shape index (κ2) is 7.44. The van der Waals surface area contributed by atoms with E-state index in [9.17, 15) is 4.79 Å². The summed E-state index contributed by atoms with van der Waals surface area (Å²) in [6, 6.07) is 14.9. The monoisotopic (exact) mass is 397 g/mol. The third-order valence-corrected chi connectivity index (χ3v) is 3.81. The zero-order valence-electron chi connectivity index (χ0n) is 13.6. The number of aromatic nitrogens is 2. The molecular weight excluding hydrogens is 382 g/mol. The number of carbonyl (C=O) groups is 1. The minimum absolute atomic E-state index is 0.168. The molecule has 0 saturated heterocycles. The summed E-state index contributed by atoms with van der Waals surface area (Å²) in [5, 5.41) is 10.9. The first-order valence-electron chi connectivity index (χ1n) is 7.65. The van der Waals surface area contributed by atoms with Gasteiger partial charge in [0.1, 0.15) is 0 Å². The van der Waals surface area contributed by atoms with E-state index in [1.807, 2.05) is 31.2 Å². The average Bonchev–Trinajstić information content (AvgIpc) is 3.10. The van der Waals surface area contributed by atoms with Crippen molar-refractivity contribution < 1.29 is 9.21 Å². The lowest BCUT2D eigenvalue weighted by molar-refractivity contribution is 0.0958. The fourth-order valence-electron chi connectivity index (χ4n) is 2.28. The molecule has 1 heterocycles. The molecule has 126 valence electrons. The number of hydrogen-bond acceptors (Lipinski definition) is 4. The summed E-state index contributed by atoms with van der Waals surface area (Å²) in [5.74, 6) is 0.715. The number of nitrogens with one attached hydrogen (secondary N) is 1. The van der Waals surface area contributed by atoms with Gasteiger partial charge in [-0.05, 0) is 43.3 Å². The third kappa shape index (κ3) is 4.22. The van der Waals surface area contributed by atoms with Crippen molar-refractivity contribution in [3.8, 4) is 22.9 Å². The van der Waals surface area contributed by atoms with Crippen molar-refractivity contribution in [1.29, 1.82) is 0 Å². The lowest BCUT2D eigenvalue weighted by Crippen LogP contribution is -2.24. The topological polar surface area (TPSA) is 68.0 Å². The van der Waals surface area contributed by atoms with Gasteiger partial charge in [-0.1, -0.05) is 40.2 Å². The van der Waals surface area contributed by atoms with Crippen LogP contribution in [0.25, 0.3) is 22.9 Å². The molecule has 2 aromatic carbocycles. The number of hydrogen-bond donors (Lipinski definition) is 1. The SMILES string of the molecule is C=C(Br)CNC(=O)c1ccc(-c2nnc(-c3cccc(C)c3)o2)cc1. The molecule has 0 atom stereocenters. The van der Waals surface area contributed by atoms with Crippen molar-refractivity contribution >= 4 is 21.8 Å². The lowest BCUT2D eigenvalue weighted by atomic mass is 10.1. The van der Waals surface area contributed by atoms with Crippen molar-refractivity contribution in [2.75, 3.05) is 6.54 Å². The number of nitrogens with zero attached hydrogens (tertiary/aromatic N) is 2. The second-order valence-electron chi connectivity index (χ2n) is 5.56. The Hall–Kier alpha value is -2.73. The Bertz CT molecular complexity index is 916. The normalized spacial score (nSPS) is 10.5. The van der Waals surface area contributed by atoms with E-state index in [1.54, 1.807) is 24.3 Å². The Morgan fingerprint density at radius 1 is 1.12 bits per heavy atom. The van der Waals surface area contributed by atoms with Gasteiger partial charge < -0.3 is 9.73 Å². The minimum Gasteiger partial charge on any atom is -0.416 e. The summed E-state index contributed by atoms with van der Waals surface area (Å²) in [6.45, 7) is 6.07. The predicted octanol–water partition coefficient (Wildman–Crippen LogP) is 4.35. The Morgan fingerprint density at radius 3 is 2.44 bits per heavy atom. The predicted molar refractivity (Wildman–Crippen MR) is 100 cm³/mol. The summed E-state index contributed by atoms with van der Waals surface area (Å²) >= 11 is 3.21. The molecule has 0 bridgehead atoms. The maximum absolute atomic E-state index is 12.0. The molecule has 0 spiro atoms. The van der Waals surface area contributed by atoms with Crippen molar-refractivity contribution in [1.82, 2.24) is 15.5 Å². The molecule has 0 radical (unpaired) electrons. The van der Waals surface area contributed by atoms with Crippen molar-refractivity contribution in [2.45, 2.75) is 6.92 Å². The van der Waals surface area contributed by atoms with Gasteiger partial charge in [-0.3, -0.25) is 4.79 Å². The van der Waals surface area contributed by atoms with E-state index in [1.165, 1.54) is 0 Å². The highest BCUT2D eigenvalue weighted by Gasteiger charge is 2.12. The van der Waals surface area contributed by atoms with Crippen LogP contribution in [0.3, 0.4) is 0 Å². The van der Waals surface area contributed by atoms with Crippen LogP contribution in [-0.4, -0.2) is 22.6 Å². The van der Waals surface area contributed by atoms with Gasteiger partial charge in [0.25, 0.3) is 5.91 Å². The molecule has 3 rings (SSSR count). The summed E-state index contributed by atoms with van der Waals surface area (Å²) in [6.07, 6.45) is 0. The molecule has 0 aliphatic carbocycles. The fraction of sp³-hybridized carbons (Fsp3) is 0.105. The molecule has 5 nitrogen and oxygen atoms in total. The molecule has 0 unspecified atom stereocenters. The smallest absolute Gasteiger partial charge is 0.251 e. The van der Waals surface area contributed by atoms with E-state index < -0.39 is 0 Å². The highest BCUT2D eigenvalue weighted by Crippen LogP contribution is 2.24. The Balaban J connectivity index is 1.77. The van der Waals surface area contributed by atoms with Crippen LogP contribution in [0.15, 0.2) is 64.0 Å². The second-order valence-corrected chi connectivity index (χ2v) is 6.68. The van der Waals surface area contributed by atoms with Gasteiger partial charge in [0.15, 0.2) is 0 Å². The number of carbonyl (C=O) groups excluding carboxylic acids is 1. The highest BCUT2D eigenvalue weighted by molar-refractivity contribution is 9.11. The van der Waals surface area contributed by atoms with Crippen LogP contribution in [0.5, 0.6) is 0 Å². The van der Waals surface area contributed by atoms with E-state index in [2.05, 4.69) is 38.0 Å². The largest absolute Gasteiger partial charge is 0.416 e. The first-order chi connectivity index (χ1) is 12.0. The standard InChI is InChI=1S/C19H16BrN3O2/c1-12-4-3-5-16(10-12)19-23-22-18(25-19)15-8-6-14(7-9-15)17(24)21-11-13(2)20/h3-10H,2,11H2,1H3,(H,21,24). The number of rotatable bonds is 5. The Morgan fingerprint density at radius 2 is 1.80 bits per heavy atom. The number of halogens is 1. The molecular formula is C19H16BrN3O2. The molecule has 6 heteroatoms. The fourth-order valence-corrected chi connectivity index (χ4v) is 2.42. The van der Waals surface area contributed by atoms with Gasteiger partial charge in [-0.2, -0.15) is 0 Å². The molecule has 0 aliphatic heterocycles. The number of amides is 1. The van der Waals surface area contributed by atoms with Crippen LogP contribution >= 0.6 is 15.9 Å². The number of benzene rings is 2. The third-order valence-electron chi connectivity index (χ3n) is 3.52. The minimum atomic E-state index is -0.168. The molecule has 25 heavy (non-hydrogen) atoms.